The van der Waals surface area contributed by atoms with Crippen LogP contribution in [0.5, 0.6) is 0 Å². The van der Waals surface area contributed by atoms with Crippen molar-refractivity contribution in [2.75, 3.05) is 5.75 Å². The van der Waals surface area contributed by atoms with Crippen molar-refractivity contribution in [3.8, 4) is 11.1 Å². The summed E-state index contributed by atoms with van der Waals surface area (Å²) in [6.45, 7) is 0.208. The molecule has 0 aliphatic carbocycles. The van der Waals surface area contributed by atoms with Crippen LogP contribution in [-0.4, -0.2) is 38.7 Å². The Labute approximate surface area is 271 Å². The SMILES string of the molecule is O=C1c2ccccc2C(=O)N1Cc1cccc(-c2ccc([C@@H]3O[C@H](CSc4ccccn4)C[C@H](c4ccc(CO)cc4)O3)cc2)c1. The highest BCUT2D eigenvalue weighted by Crippen LogP contribution is 2.40. The van der Waals surface area contributed by atoms with Crippen LogP contribution in [0.4, 0.5) is 0 Å². The minimum atomic E-state index is -0.556. The molecule has 0 unspecified atom stereocenters. The predicted molar refractivity (Wildman–Crippen MR) is 176 cm³/mol. The summed E-state index contributed by atoms with van der Waals surface area (Å²) in [6, 6.07) is 36.8. The quantitative estimate of drug-likeness (QED) is 0.135. The van der Waals surface area contributed by atoms with Crippen LogP contribution in [0.3, 0.4) is 0 Å². The van der Waals surface area contributed by atoms with Gasteiger partial charge in [-0.25, -0.2) is 4.98 Å². The number of fused-ring (bicyclic) bond motifs is 1. The molecule has 0 saturated carbocycles. The maximum Gasteiger partial charge on any atom is 0.261 e. The van der Waals surface area contributed by atoms with E-state index < -0.39 is 6.29 Å². The van der Waals surface area contributed by atoms with Gasteiger partial charge in [-0.15, -0.1) is 11.8 Å². The minimum absolute atomic E-state index is 0.00109. The third-order valence-corrected chi connectivity index (χ3v) is 9.41. The summed E-state index contributed by atoms with van der Waals surface area (Å²) in [7, 11) is 0. The maximum atomic E-state index is 12.9. The predicted octanol–water partition coefficient (Wildman–Crippen LogP) is 7.37. The normalized spacial score (nSPS) is 19.3. The van der Waals surface area contributed by atoms with E-state index >= 15 is 0 Å². The van der Waals surface area contributed by atoms with Gasteiger partial charge in [-0.3, -0.25) is 14.5 Å². The molecule has 0 spiro atoms. The molecule has 3 atom stereocenters. The first-order chi connectivity index (χ1) is 22.6. The lowest BCUT2D eigenvalue weighted by Crippen LogP contribution is -2.31. The Morgan fingerprint density at radius 1 is 0.739 bits per heavy atom. The van der Waals surface area contributed by atoms with Gasteiger partial charge in [0.15, 0.2) is 6.29 Å². The molecule has 46 heavy (non-hydrogen) atoms. The van der Waals surface area contributed by atoms with E-state index in [0.29, 0.717) is 17.5 Å². The van der Waals surface area contributed by atoms with Crippen molar-refractivity contribution >= 4 is 23.6 Å². The third-order valence-electron chi connectivity index (χ3n) is 8.33. The number of carbonyl (C=O) groups is 2. The fraction of sp³-hybridized carbons (Fsp3) is 0.184. The molecule has 3 heterocycles. The highest BCUT2D eigenvalue weighted by Gasteiger charge is 2.35. The van der Waals surface area contributed by atoms with Crippen LogP contribution in [0.15, 0.2) is 126 Å². The second kappa shape index (κ2) is 13.4. The summed E-state index contributed by atoms with van der Waals surface area (Å²) in [5, 5.41) is 10.5. The summed E-state index contributed by atoms with van der Waals surface area (Å²) < 4.78 is 13.0. The summed E-state index contributed by atoms with van der Waals surface area (Å²) >= 11 is 1.67. The van der Waals surface area contributed by atoms with Crippen LogP contribution in [0, 0.1) is 0 Å². The molecule has 2 amide bonds. The van der Waals surface area contributed by atoms with Gasteiger partial charge < -0.3 is 14.6 Å². The molecule has 0 bridgehead atoms. The molecule has 4 aromatic carbocycles. The number of aromatic nitrogens is 1. The molecule has 230 valence electrons. The molecule has 1 fully saturated rings. The Kier molecular flexibility index (Phi) is 8.76. The number of hydrogen-bond acceptors (Lipinski definition) is 7. The molecule has 1 N–H and O–H groups in total. The topological polar surface area (TPSA) is 89.0 Å². The highest BCUT2D eigenvalue weighted by molar-refractivity contribution is 7.99. The van der Waals surface area contributed by atoms with E-state index in [1.54, 1.807) is 42.2 Å². The van der Waals surface area contributed by atoms with Crippen LogP contribution >= 0.6 is 11.8 Å². The average Bonchev–Trinajstić information content (AvgIpc) is 3.36. The number of benzene rings is 4. The van der Waals surface area contributed by atoms with Crippen molar-refractivity contribution in [1.82, 2.24) is 9.88 Å². The fourth-order valence-electron chi connectivity index (χ4n) is 5.88. The van der Waals surface area contributed by atoms with Gasteiger partial charge in [0.2, 0.25) is 0 Å². The molecule has 1 aromatic heterocycles. The number of ether oxygens (including phenoxy) is 2. The van der Waals surface area contributed by atoms with E-state index in [1.165, 1.54) is 4.90 Å². The minimum Gasteiger partial charge on any atom is -0.392 e. The van der Waals surface area contributed by atoms with Crippen LogP contribution in [0.1, 0.15) is 61.8 Å². The maximum absolute atomic E-state index is 12.9. The summed E-state index contributed by atoms with van der Waals surface area (Å²) in [6.07, 6.45) is 1.71. The zero-order valence-electron chi connectivity index (χ0n) is 25.0. The number of amides is 2. The Hall–Kier alpha value is -4.60. The number of pyridine rings is 1. The summed E-state index contributed by atoms with van der Waals surface area (Å²) in [4.78, 5) is 31.5. The first-order valence-electron chi connectivity index (χ1n) is 15.2. The molecule has 2 aliphatic heterocycles. The Morgan fingerprint density at radius 2 is 1.46 bits per heavy atom. The van der Waals surface area contributed by atoms with E-state index in [-0.39, 0.29) is 37.2 Å². The van der Waals surface area contributed by atoms with Gasteiger partial charge in [0, 0.05) is 23.9 Å². The number of thioether (sulfide) groups is 1. The lowest BCUT2D eigenvalue weighted by Gasteiger charge is -2.36. The van der Waals surface area contributed by atoms with E-state index in [0.717, 1.165) is 44.2 Å². The number of aliphatic hydroxyl groups is 1. The van der Waals surface area contributed by atoms with Gasteiger partial charge in [-0.2, -0.15) is 0 Å². The highest BCUT2D eigenvalue weighted by atomic mass is 32.2. The molecule has 0 radical (unpaired) electrons. The summed E-state index contributed by atoms with van der Waals surface area (Å²) in [5.41, 5.74) is 6.58. The van der Waals surface area contributed by atoms with Crippen LogP contribution in [-0.2, 0) is 22.6 Å². The Balaban J connectivity index is 1.08. The van der Waals surface area contributed by atoms with Crippen LogP contribution in [0.25, 0.3) is 11.1 Å². The van der Waals surface area contributed by atoms with E-state index in [1.807, 2.05) is 91.0 Å². The number of hydrogen-bond donors (Lipinski definition) is 1. The number of nitrogens with zero attached hydrogens (tertiary/aromatic N) is 2. The monoisotopic (exact) mass is 628 g/mol. The molecule has 7 nitrogen and oxygen atoms in total. The molecular weight excluding hydrogens is 596 g/mol. The molecule has 8 heteroatoms. The van der Waals surface area contributed by atoms with E-state index in [9.17, 15) is 14.7 Å². The Bertz CT molecular complexity index is 1810. The second-order valence-electron chi connectivity index (χ2n) is 11.4. The molecule has 2 aliphatic rings. The Morgan fingerprint density at radius 3 is 2.15 bits per heavy atom. The van der Waals surface area contributed by atoms with Crippen LogP contribution in [0.2, 0.25) is 0 Å². The lowest BCUT2D eigenvalue weighted by molar-refractivity contribution is -0.245. The van der Waals surface area contributed by atoms with Gasteiger partial charge in [0.1, 0.15) is 0 Å². The first kappa shape index (κ1) is 30.1. The van der Waals surface area contributed by atoms with Gasteiger partial charge in [-0.05, 0) is 58.1 Å². The largest absolute Gasteiger partial charge is 0.392 e. The number of aliphatic hydroxyl groups excluding tert-OH is 1. The van der Waals surface area contributed by atoms with E-state index in [2.05, 4.69) is 4.98 Å². The molecular formula is C38H32N2O5S. The van der Waals surface area contributed by atoms with Crippen LogP contribution < -0.4 is 0 Å². The van der Waals surface area contributed by atoms with Gasteiger partial charge in [0.25, 0.3) is 11.8 Å². The fourth-order valence-corrected chi connectivity index (χ4v) is 6.76. The third kappa shape index (κ3) is 6.38. The molecule has 1 saturated heterocycles. The van der Waals surface area contributed by atoms with Crippen molar-refractivity contribution in [2.45, 2.75) is 43.1 Å². The van der Waals surface area contributed by atoms with Gasteiger partial charge in [-0.1, -0.05) is 84.9 Å². The van der Waals surface area contributed by atoms with Gasteiger partial charge in [0.05, 0.1) is 41.5 Å². The van der Waals surface area contributed by atoms with Gasteiger partial charge >= 0.3 is 0 Å². The average molecular weight is 629 g/mol. The second-order valence-corrected chi connectivity index (χ2v) is 12.4. The van der Waals surface area contributed by atoms with Crippen molar-refractivity contribution in [2.24, 2.45) is 0 Å². The number of rotatable bonds is 9. The van der Waals surface area contributed by atoms with E-state index in [4.69, 9.17) is 9.47 Å². The van der Waals surface area contributed by atoms with Crippen molar-refractivity contribution < 1.29 is 24.2 Å². The number of carbonyl (C=O) groups excluding carboxylic acids is 2. The van der Waals surface area contributed by atoms with Crippen molar-refractivity contribution in [1.29, 1.82) is 0 Å². The van der Waals surface area contributed by atoms with Crippen molar-refractivity contribution in [3.05, 3.63) is 155 Å². The molecule has 5 aromatic rings. The summed E-state index contributed by atoms with van der Waals surface area (Å²) in [5.74, 6) is 0.213. The van der Waals surface area contributed by atoms with Crippen molar-refractivity contribution in [3.63, 3.8) is 0 Å². The zero-order valence-corrected chi connectivity index (χ0v) is 25.8. The smallest absolute Gasteiger partial charge is 0.261 e. The standard InChI is InChI=1S/C38H32N2O5S/c41-23-25-11-13-28(14-12-25)34-21-31(24-46-35-10-3-4-19-39-35)44-38(45-34)29-17-15-27(16-18-29)30-7-5-6-26(20-30)22-40-36(42)32-8-1-2-9-33(32)37(40)43/h1-20,31,34,38,41H,21-24H2/t31-,34+,38+/m0/s1. The molecule has 7 rings (SSSR count). The first-order valence-corrected chi connectivity index (χ1v) is 16.2. The zero-order chi connectivity index (χ0) is 31.5. The lowest BCUT2D eigenvalue weighted by atomic mass is 9.99. The number of imide groups is 1.